The van der Waals surface area contributed by atoms with Crippen LogP contribution in [0.4, 0.5) is 4.39 Å². The molecule has 0 aliphatic carbocycles. The minimum atomic E-state index is -0.727. The zero-order valence-corrected chi connectivity index (χ0v) is 13.1. The molecule has 0 aromatic carbocycles. The van der Waals surface area contributed by atoms with E-state index in [-0.39, 0.29) is 19.5 Å². The zero-order valence-electron chi connectivity index (χ0n) is 5.83. The van der Waals surface area contributed by atoms with E-state index < -0.39 is 2.19 Å². The molecule has 54 valence electrons. The summed E-state index contributed by atoms with van der Waals surface area (Å²) in [6.45, 7) is 10.0. The van der Waals surface area contributed by atoms with Crippen molar-refractivity contribution in [1.82, 2.24) is 0 Å². The van der Waals surface area contributed by atoms with Crippen LogP contribution in [-0.2, 0) is 19.5 Å². The number of hydrogen-bond acceptors (Lipinski definition) is 0. The SMILES string of the molecule is FC(I)I.[CH2-]C.[CH2-]C.[Zn+2]. The topological polar surface area (TPSA) is 0 Å². The van der Waals surface area contributed by atoms with Gasteiger partial charge in [0.15, 0.2) is 0 Å². The van der Waals surface area contributed by atoms with Crippen molar-refractivity contribution in [3.63, 3.8) is 0 Å². The molecule has 0 nitrogen and oxygen atoms in total. The molecule has 0 aliphatic rings. The van der Waals surface area contributed by atoms with Gasteiger partial charge < -0.3 is 13.8 Å². The van der Waals surface area contributed by atoms with E-state index in [1.54, 1.807) is 59.0 Å². The Bertz CT molecular complexity index is 19.7. The minimum Gasteiger partial charge on any atom is -0.346 e. The maximum Gasteiger partial charge on any atom is 2.00 e. The summed E-state index contributed by atoms with van der Waals surface area (Å²) in [7, 11) is 0. The second-order valence-corrected chi connectivity index (χ2v) is 4.82. The van der Waals surface area contributed by atoms with Crippen LogP contribution in [0.3, 0.4) is 0 Å². The third-order valence-electron chi connectivity index (χ3n) is 0. The van der Waals surface area contributed by atoms with Crippen molar-refractivity contribution in [2.75, 3.05) is 0 Å². The van der Waals surface area contributed by atoms with Crippen LogP contribution in [0.2, 0.25) is 0 Å². The Morgan fingerprint density at radius 3 is 1.11 bits per heavy atom. The molecule has 0 saturated carbocycles. The van der Waals surface area contributed by atoms with E-state index in [0.717, 1.165) is 0 Å². The Kier molecular flexibility index (Phi) is 80.7. The maximum absolute atomic E-state index is 11.0. The Hall–Kier alpha value is 2.01. The fourth-order valence-electron chi connectivity index (χ4n) is 0. The fourth-order valence-corrected chi connectivity index (χ4v) is 0. The van der Waals surface area contributed by atoms with Gasteiger partial charge in [-0.25, -0.2) is 4.39 Å². The summed E-state index contributed by atoms with van der Waals surface area (Å²) >= 11 is 3.33. The Labute approximate surface area is 97.8 Å². The molecule has 0 saturated heterocycles. The van der Waals surface area contributed by atoms with Gasteiger partial charge in [-0.15, -0.1) is 0 Å². The molecule has 4 heteroatoms. The number of alkyl halides is 3. The van der Waals surface area contributed by atoms with Crippen LogP contribution in [0.25, 0.3) is 0 Å². The normalized spacial score (nSPS) is 5.33. The van der Waals surface area contributed by atoms with Crippen LogP contribution in [0.5, 0.6) is 0 Å². The average Bonchev–Trinajstić information content (AvgIpc) is 1.75. The molecule has 0 rings (SSSR count). The molecule has 0 radical (unpaired) electrons. The number of rotatable bonds is 0. The average molecular weight is 409 g/mol. The molecule has 0 aliphatic heterocycles. The molecule has 0 fully saturated rings. The summed E-state index contributed by atoms with van der Waals surface area (Å²) in [6.07, 6.45) is 0. The predicted octanol–water partition coefficient (Wildman–Crippen LogP) is 3.79. The molecule has 0 atom stereocenters. The molecule has 0 heterocycles. The smallest absolute Gasteiger partial charge is 0.346 e. The molecule has 0 amide bonds. The van der Waals surface area contributed by atoms with Crippen molar-refractivity contribution in [3.8, 4) is 0 Å². The molecule has 0 aromatic heterocycles. The van der Waals surface area contributed by atoms with E-state index in [2.05, 4.69) is 13.8 Å². The van der Waals surface area contributed by atoms with E-state index >= 15 is 0 Å². The van der Waals surface area contributed by atoms with Gasteiger partial charge in [-0.05, 0) is 45.2 Å². The molecule has 0 N–H and O–H groups in total. The van der Waals surface area contributed by atoms with Crippen molar-refractivity contribution in [1.29, 1.82) is 0 Å². The summed E-state index contributed by atoms with van der Waals surface area (Å²) < 4.78 is 10.2. The van der Waals surface area contributed by atoms with Gasteiger partial charge in [0.25, 0.3) is 0 Å². The largest absolute Gasteiger partial charge is 2.00 e. The second kappa shape index (κ2) is 32.4. The van der Waals surface area contributed by atoms with Crippen LogP contribution in [0.15, 0.2) is 0 Å². The van der Waals surface area contributed by atoms with Crippen LogP contribution in [-0.4, -0.2) is 2.19 Å². The van der Waals surface area contributed by atoms with E-state index in [0.29, 0.717) is 0 Å². The first-order chi connectivity index (χ1) is 3.73. The van der Waals surface area contributed by atoms with Crippen molar-refractivity contribution < 1.29 is 23.9 Å². The van der Waals surface area contributed by atoms with Crippen molar-refractivity contribution in [3.05, 3.63) is 13.8 Å². The third-order valence-corrected chi connectivity index (χ3v) is 0. The van der Waals surface area contributed by atoms with Gasteiger partial charge in [0, 0.05) is 0 Å². The van der Waals surface area contributed by atoms with Crippen LogP contribution >= 0.6 is 45.2 Å². The fraction of sp³-hybridized carbons (Fsp3) is 0.600. The summed E-state index contributed by atoms with van der Waals surface area (Å²) in [6, 6.07) is 0. The first-order valence-electron chi connectivity index (χ1n) is 2.07. The molecule has 0 aromatic rings. The van der Waals surface area contributed by atoms with Gasteiger partial charge in [-0.3, -0.25) is 0 Å². The monoisotopic (exact) mass is 408 g/mol. The summed E-state index contributed by atoms with van der Waals surface area (Å²) in [4.78, 5) is 0. The predicted molar refractivity (Wildman–Crippen MR) is 55.0 cm³/mol. The van der Waals surface area contributed by atoms with Gasteiger partial charge in [-0.2, -0.15) is 13.8 Å². The third kappa shape index (κ3) is 159. The molecule has 0 unspecified atom stereocenters. The first-order valence-corrected chi connectivity index (χ1v) is 4.56. The molecular weight excluding hydrogens is 398 g/mol. The summed E-state index contributed by atoms with van der Waals surface area (Å²) in [5.41, 5.74) is 0. The van der Waals surface area contributed by atoms with Crippen molar-refractivity contribution >= 4 is 45.2 Å². The van der Waals surface area contributed by atoms with E-state index in [1.807, 2.05) is 0 Å². The maximum atomic E-state index is 11.0. The van der Waals surface area contributed by atoms with Crippen molar-refractivity contribution in [2.24, 2.45) is 0 Å². The molecule has 0 spiro atoms. The van der Waals surface area contributed by atoms with Gasteiger partial charge in [-0.1, -0.05) is 0 Å². The first kappa shape index (κ1) is 22.5. The Morgan fingerprint density at radius 1 is 1.11 bits per heavy atom. The van der Waals surface area contributed by atoms with Gasteiger partial charge >= 0.3 is 19.5 Å². The van der Waals surface area contributed by atoms with E-state index in [1.165, 1.54) is 0 Å². The molecule has 0 bridgehead atoms. The number of halogens is 3. The van der Waals surface area contributed by atoms with Gasteiger partial charge in [0.1, 0.15) is 0 Å². The minimum absolute atomic E-state index is 0. The van der Waals surface area contributed by atoms with Crippen LogP contribution < -0.4 is 0 Å². The Morgan fingerprint density at radius 2 is 1.11 bits per heavy atom. The molecular formula is C5H11FI2Zn. The second-order valence-electron chi connectivity index (χ2n) is 0.247. The van der Waals surface area contributed by atoms with Crippen molar-refractivity contribution in [2.45, 2.75) is 16.0 Å². The van der Waals surface area contributed by atoms with E-state index in [4.69, 9.17) is 0 Å². The Balaban J connectivity index is -0.0000000221. The van der Waals surface area contributed by atoms with Crippen LogP contribution in [0.1, 0.15) is 13.8 Å². The quantitative estimate of drug-likeness (QED) is 0.247. The zero-order chi connectivity index (χ0) is 7.58. The standard InChI is InChI=1S/2C2H5.CHFI2.Zn/c2*1-2;2-1(3)4;/h2*1H2,2H3;1H;/q2*-1;;+2. The van der Waals surface area contributed by atoms with E-state index in [9.17, 15) is 4.39 Å². The number of hydrogen-bond donors (Lipinski definition) is 0. The van der Waals surface area contributed by atoms with Gasteiger partial charge in [0.2, 0.25) is 2.19 Å². The summed E-state index contributed by atoms with van der Waals surface area (Å²) in [5, 5.41) is 0. The molecule has 9 heavy (non-hydrogen) atoms. The van der Waals surface area contributed by atoms with Gasteiger partial charge in [0.05, 0.1) is 0 Å². The summed E-state index contributed by atoms with van der Waals surface area (Å²) in [5.74, 6) is 0. The van der Waals surface area contributed by atoms with Crippen LogP contribution in [0, 0.1) is 13.8 Å².